The highest BCUT2D eigenvalue weighted by atomic mass is 32.2. The Bertz CT molecular complexity index is 1090. The van der Waals surface area contributed by atoms with Gasteiger partial charge in [0.2, 0.25) is 0 Å². The Labute approximate surface area is 196 Å². The molecule has 0 radical (unpaired) electrons. The van der Waals surface area contributed by atoms with E-state index in [1.54, 1.807) is 13.2 Å². The number of methoxy groups -OCH3 is 1. The summed E-state index contributed by atoms with van der Waals surface area (Å²) >= 11 is 1.51. The molecule has 0 atom stereocenters. The fourth-order valence-electron chi connectivity index (χ4n) is 3.39. The molecule has 33 heavy (non-hydrogen) atoms. The van der Waals surface area contributed by atoms with Gasteiger partial charge in [0.1, 0.15) is 11.6 Å². The van der Waals surface area contributed by atoms with E-state index in [-0.39, 0.29) is 11.7 Å². The number of morpholine rings is 1. The molecule has 1 fully saturated rings. The Morgan fingerprint density at radius 2 is 1.94 bits per heavy atom. The number of nitrogens with one attached hydrogen (secondary N) is 1. The van der Waals surface area contributed by atoms with E-state index < -0.39 is 0 Å². The van der Waals surface area contributed by atoms with Crippen LogP contribution in [0.25, 0.3) is 0 Å². The number of benzene rings is 2. The van der Waals surface area contributed by atoms with Gasteiger partial charge in [-0.1, -0.05) is 23.9 Å². The summed E-state index contributed by atoms with van der Waals surface area (Å²) in [7, 11) is 1.64. The molecule has 0 aliphatic carbocycles. The molecule has 1 aromatic heterocycles. The zero-order valence-corrected chi connectivity index (χ0v) is 19.1. The zero-order chi connectivity index (χ0) is 23.0. The maximum absolute atomic E-state index is 13.1. The van der Waals surface area contributed by atoms with Crippen LogP contribution in [0.15, 0.2) is 59.8 Å². The van der Waals surface area contributed by atoms with E-state index in [0.717, 1.165) is 30.2 Å². The molecule has 1 saturated heterocycles. The van der Waals surface area contributed by atoms with Gasteiger partial charge in [-0.05, 0) is 42.0 Å². The molecule has 0 bridgehead atoms. The van der Waals surface area contributed by atoms with Crippen LogP contribution in [-0.2, 0) is 21.8 Å². The van der Waals surface area contributed by atoms with Crippen LogP contribution >= 0.6 is 11.8 Å². The number of aromatic nitrogens is 2. The van der Waals surface area contributed by atoms with Crippen LogP contribution in [0, 0.1) is 5.82 Å². The van der Waals surface area contributed by atoms with E-state index in [1.165, 1.54) is 36.0 Å². The lowest BCUT2D eigenvalue weighted by molar-refractivity contribution is 0.102. The Kier molecular flexibility index (Phi) is 7.87. The second kappa shape index (κ2) is 11.2. The molecule has 4 rings (SSSR count). The third-order valence-corrected chi connectivity index (χ3v) is 5.95. The van der Waals surface area contributed by atoms with Gasteiger partial charge in [0.25, 0.3) is 5.91 Å². The van der Waals surface area contributed by atoms with Crippen molar-refractivity contribution in [2.45, 2.75) is 17.5 Å². The predicted octanol–water partition coefficient (Wildman–Crippen LogP) is 4.14. The van der Waals surface area contributed by atoms with Gasteiger partial charge in [-0.15, -0.1) is 0 Å². The van der Waals surface area contributed by atoms with Crippen LogP contribution in [0.1, 0.15) is 21.6 Å². The largest absolute Gasteiger partial charge is 0.378 e. The molecular weight excluding hydrogens is 443 g/mol. The monoisotopic (exact) mass is 468 g/mol. The van der Waals surface area contributed by atoms with Crippen molar-refractivity contribution in [2.24, 2.45) is 0 Å². The topological polar surface area (TPSA) is 76.6 Å². The van der Waals surface area contributed by atoms with Crippen molar-refractivity contribution in [3.8, 4) is 0 Å². The fraction of sp³-hybridized carbons (Fsp3) is 0.292. The minimum Gasteiger partial charge on any atom is -0.378 e. The van der Waals surface area contributed by atoms with Crippen LogP contribution in [0.3, 0.4) is 0 Å². The van der Waals surface area contributed by atoms with Crippen LogP contribution in [0.2, 0.25) is 0 Å². The van der Waals surface area contributed by atoms with Crippen molar-refractivity contribution in [2.75, 3.05) is 43.6 Å². The van der Waals surface area contributed by atoms with Gasteiger partial charge in [0, 0.05) is 43.3 Å². The number of thioether (sulfide) groups is 1. The number of hydrogen-bond donors (Lipinski definition) is 1. The highest BCUT2D eigenvalue weighted by Crippen LogP contribution is 2.24. The minimum absolute atomic E-state index is 0.249. The average molecular weight is 469 g/mol. The molecule has 0 spiro atoms. The zero-order valence-electron chi connectivity index (χ0n) is 18.3. The Morgan fingerprint density at radius 3 is 2.70 bits per heavy atom. The molecule has 2 aromatic carbocycles. The third kappa shape index (κ3) is 6.50. The van der Waals surface area contributed by atoms with Gasteiger partial charge in [-0.3, -0.25) is 4.79 Å². The Hall–Kier alpha value is -3.01. The van der Waals surface area contributed by atoms with Gasteiger partial charge >= 0.3 is 0 Å². The molecule has 0 saturated carbocycles. The molecule has 1 aliphatic rings. The number of nitrogens with zero attached hydrogens (tertiary/aromatic N) is 3. The van der Waals surface area contributed by atoms with Crippen molar-refractivity contribution in [1.29, 1.82) is 0 Å². The number of carbonyl (C=O) groups is 1. The van der Waals surface area contributed by atoms with E-state index in [9.17, 15) is 9.18 Å². The number of halogens is 1. The molecule has 1 amide bonds. The summed E-state index contributed by atoms with van der Waals surface area (Å²) < 4.78 is 23.8. The van der Waals surface area contributed by atoms with Gasteiger partial charge in [0.15, 0.2) is 5.16 Å². The van der Waals surface area contributed by atoms with Gasteiger partial charge in [-0.2, -0.15) is 0 Å². The van der Waals surface area contributed by atoms with E-state index in [4.69, 9.17) is 14.5 Å². The van der Waals surface area contributed by atoms with Crippen molar-refractivity contribution in [3.63, 3.8) is 0 Å². The second-order valence-corrected chi connectivity index (χ2v) is 8.43. The average Bonchev–Trinajstić information content (AvgIpc) is 2.85. The lowest BCUT2D eigenvalue weighted by Crippen LogP contribution is -2.37. The van der Waals surface area contributed by atoms with Crippen LogP contribution in [0.4, 0.5) is 15.9 Å². The number of amides is 1. The summed E-state index contributed by atoms with van der Waals surface area (Å²) in [4.78, 5) is 24.1. The Morgan fingerprint density at radius 1 is 1.15 bits per heavy atom. The summed E-state index contributed by atoms with van der Waals surface area (Å²) in [6, 6.07) is 15.0. The molecule has 3 aromatic rings. The highest BCUT2D eigenvalue weighted by Gasteiger charge is 2.16. The molecule has 2 heterocycles. The lowest BCUT2D eigenvalue weighted by atomic mass is 10.1. The van der Waals surface area contributed by atoms with Crippen molar-refractivity contribution >= 4 is 29.2 Å². The Balaban J connectivity index is 1.44. The second-order valence-electron chi connectivity index (χ2n) is 7.48. The molecule has 1 N–H and O–H groups in total. The van der Waals surface area contributed by atoms with Gasteiger partial charge in [-0.25, -0.2) is 14.4 Å². The fourth-order valence-corrected chi connectivity index (χ4v) is 4.20. The van der Waals surface area contributed by atoms with Crippen molar-refractivity contribution in [3.05, 3.63) is 77.2 Å². The number of anilines is 2. The first-order chi connectivity index (χ1) is 16.1. The van der Waals surface area contributed by atoms with Crippen molar-refractivity contribution < 1.29 is 18.7 Å². The number of rotatable bonds is 8. The molecule has 9 heteroatoms. The van der Waals surface area contributed by atoms with E-state index in [1.807, 2.05) is 24.3 Å². The molecule has 7 nitrogen and oxygen atoms in total. The standard InChI is InChI=1S/C24H25FN4O3S/c1-31-15-21-14-22(29-9-11-32-12-10-29)28-24(27-21)33-16-17-3-2-4-18(13-17)23(30)26-20-7-5-19(25)6-8-20/h2-8,13-14H,9-12,15-16H2,1H3,(H,26,30). The number of carbonyl (C=O) groups excluding carboxylic acids is 1. The summed E-state index contributed by atoms with van der Waals surface area (Å²) in [6.07, 6.45) is 0. The minimum atomic E-state index is -0.347. The normalized spacial score (nSPS) is 13.7. The maximum Gasteiger partial charge on any atom is 0.255 e. The SMILES string of the molecule is COCc1cc(N2CCOCC2)nc(SCc2cccc(C(=O)Nc3ccc(F)cc3)c2)n1. The summed E-state index contributed by atoms with van der Waals surface area (Å²) in [5, 5.41) is 3.44. The van der Waals surface area contributed by atoms with Crippen LogP contribution in [-0.4, -0.2) is 49.3 Å². The maximum atomic E-state index is 13.1. The summed E-state index contributed by atoms with van der Waals surface area (Å²) in [5.74, 6) is 0.883. The van der Waals surface area contributed by atoms with Gasteiger partial charge in [0.05, 0.1) is 25.5 Å². The van der Waals surface area contributed by atoms with E-state index in [0.29, 0.717) is 42.0 Å². The first-order valence-electron chi connectivity index (χ1n) is 10.6. The smallest absolute Gasteiger partial charge is 0.255 e. The lowest BCUT2D eigenvalue weighted by Gasteiger charge is -2.28. The quantitative estimate of drug-likeness (QED) is 0.393. The van der Waals surface area contributed by atoms with E-state index in [2.05, 4.69) is 15.2 Å². The van der Waals surface area contributed by atoms with Crippen LogP contribution < -0.4 is 10.2 Å². The first kappa shape index (κ1) is 23.2. The molecule has 0 unspecified atom stereocenters. The number of ether oxygens (including phenoxy) is 2. The summed E-state index contributed by atoms with van der Waals surface area (Å²) in [5.41, 5.74) is 2.87. The van der Waals surface area contributed by atoms with Crippen LogP contribution in [0.5, 0.6) is 0 Å². The van der Waals surface area contributed by atoms with Crippen molar-refractivity contribution in [1.82, 2.24) is 9.97 Å². The highest BCUT2D eigenvalue weighted by molar-refractivity contribution is 7.98. The number of hydrogen-bond acceptors (Lipinski definition) is 7. The van der Waals surface area contributed by atoms with Gasteiger partial charge < -0.3 is 19.7 Å². The predicted molar refractivity (Wildman–Crippen MR) is 126 cm³/mol. The molecular formula is C24H25FN4O3S. The molecule has 1 aliphatic heterocycles. The third-order valence-electron chi connectivity index (χ3n) is 5.03. The first-order valence-corrected chi connectivity index (χ1v) is 11.6. The molecule has 172 valence electrons. The summed E-state index contributed by atoms with van der Waals surface area (Å²) in [6.45, 7) is 3.35. The van der Waals surface area contributed by atoms with E-state index >= 15 is 0 Å².